The zero-order valence-electron chi connectivity index (χ0n) is 11.7. The Morgan fingerprint density at radius 2 is 2.00 bits per heavy atom. The molecular weight excluding hydrogens is 212 g/mol. The van der Waals surface area contributed by atoms with Crippen LogP contribution >= 0.6 is 0 Å². The van der Waals surface area contributed by atoms with E-state index in [0.717, 1.165) is 18.4 Å². The minimum atomic E-state index is 0.179. The first-order valence-electron chi connectivity index (χ1n) is 7.27. The molecule has 2 aliphatic heterocycles. The van der Waals surface area contributed by atoms with Crippen LogP contribution in [-0.4, -0.2) is 23.4 Å². The van der Waals surface area contributed by atoms with Crippen molar-refractivity contribution in [2.45, 2.75) is 76.6 Å². The van der Waals surface area contributed by atoms with Crippen molar-refractivity contribution in [3.63, 3.8) is 0 Å². The molecule has 1 aliphatic carbocycles. The number of fused-ring (bicyclic) bond motifs is 1. The molecule has 3 aliphatic rings. The Kier molecular flexibility index (Phi) is 2.45. The molecule has 17 heavy (non-hydrogen) atoms. The molecular formula is C15H26O2. The molecule has 3 rings (SSSR count). The molecule has 98 valence electrons. The van der Waals surface area contributed by atoms with E-state index in [9.17, 15) is 0 Å². The molecule has 2 heteroatoms. The van der Waals surface area contributed by atoms with Crippen molar-refractivity contribution < 1.29 is 9.47 Å². The van der Waals surface area contributed by atoms with E-state index in [1.54, 1.807) is 0 Å². The molecule has 0 aromatic heterocycles. The summed E-state index contributed by atoms with van der Waals surface area (Å²) in [5.74, 6) is 1.55. The number of epoxide rings is 2. The summed E-state index contributed by atoms with van der Waals surface area (Å²) in [6.45, 7) is 10.2. The molecule has 5 atom stereocenters. The Morgan fingerprint density at radius 1 is 1.29 bits per heavy atom. The fourth-order valence-corrected chi connectivity index (χ4v) is 4.21. The molecule has 1 saturated carbocycles. The van der Waals surface area contributed by atoms with E-state index in [-0.39, 0.29) is 16.8 Å². The van der Waals surface area contributed by atoms with Gasteiger partial charge in [0.1, 0.15) is 0 Å². The van der Waals surface area contributed by atoms with Gasteiger partial charge >= 0.3 is 0 Å². The van der Waals surface area contributed by atoms with Gasteiger partial charge in [-0.3, -0.25) is 0 Å². The van der Waals surface area contributed by atoms with E-state index >= 15 is 0 Å². The Hall–Kier alpha value is -0.0800. The maximum Gasteiger partial charge on any atom is 0.0979 e. The molecule has 2 nitrogen and oxygen atoms in total. The van der Waals surface area contributed by atoms with Gasteiger partial charge in [-0.05, 0) is 51.9 Å². The van der Waals surface area contributed by atoms with E-state index in [1.807, 2.05) is 0 Å². The highest BCUT2D eigenvalue weighted by molar-refractivity contribution is 5.20. The molecule has 0 radical (unpaired) electrons. The molecule has 0 aromatic carbocycles. The van der Waals surface area contributed by atoms with Gasteiger partial charge in [-0.2, -0.15) is 0 Å². The number of hydrogen-bond acceptors (Lipinski definition) is 2. The van der Waals surface area contributed by atoms with Crippen molar-refractivity contribution in [2.24, 2.45) is 11.8 Å². The average molecular weight is 238 g/mol. The van der Waals surface area contributed by atoms with E-state index in [0.29, 0.717) is 0 Å². The minimum absolute atomic E-state index is 0.179. The second-order valence-electron chi connectivity index (χ2n) is 7.08. The predicted octanol–water partition coefficient (Wildman–Crippen LogP) is 3.54. The zero-order chi connectivity index (χ0) is 12.3. The van der Waals surface area contributed by atoms with Gasteiger partial charge in [-0.15, -0.1) is 0 Å². The summed E-state index contributed by atoms with van der Waals surface area (Å²) in [7, 11) is 0. The van der Waals surface area contributed by atoms with E-state index in [1.165, 1.54) is 32.1 Å². The summed E-state index contributed by atoms with van der Waals surface area (Å²) >= 11 is 0. The van der Waals surface area contributed by atoms with Crippen molar-refractivity contribution in [1.82, 2.24) is 0 Å². The van der Waals surface area contributed by atoms with Crippen molar-refractivity contribution in [3.05, 3.63) is 0 Å². The fraction of sp³-hybridized carbons (Fsp3) is 1.00. The van der Waals surface area contributed by atoms with Crippen LogP contribution in [0.3, 0.4) is 0 Å². The summed E-state index contributed by atoms with van der Waals surface area (Å²) in [4.78, 5) is 0. The number of hydrogen-bond donors (Lipinski definition) is 0. The molecule has 0 bridgehead atoms. The largest absolute Gasteiger partial charge is 0.370 e. The summed E-state index contributed by atoms with van der Waals surface area (Å²) in [5.41, 5.74) is 0.580. The first-order chi connectivity index (χ1) is 7.93. The lowest BCUT2D eigenvalue weighted by Gasteiger charge is -2.29. The Balaban J connectivity index is 1.71. The molecule has 0 N–H and O–H groups in total. The van der Waals surface area contributed by atoms with Gasteiger partial charge in [0, 0.05) is 0 Å². The minimum Gasteiger partial charge on any atom is -0.370 e. The van der Waals surface area contributed by atoms with Crippen LogP contribution in [0.4, 0.5) is 0 Å². The average Bonchev–Trinajstić information content (AvgIpc) is 3.05. The normalized spacial score (nSPS) is 53.3. The van der Waals surface area contributed by atoms with Crippen LogP contribution in [0, 0.1) is 11.8 Å². The predicted molar refractivity (Wildman–Crippen MR) is 68.0 cm³/mol. The van der Waals surface area contributed by atoms with Crippen LogP contribution in [-0.2, 0) is 9.47 Å². The van der Waals surface area contributed by atoms with Crippen LogP contribution in [0.25, 0.3) is 0 Å². The Bertz CT molecular complexity index is 319. The summed E-state index contributed by atoms with van der Waals surface area (Å²) in [6, 6.07) is 0. The first-order valence-corrected chi connectivity index (χ1v) is 7.27. The van der Waals surface area contributed by atoms with Crippen molar-refractivity contribution >= 4 is 0 Å². The van der Waals surface area contributed by atoms with Crippen LogP contribution < -0.4 is 0 Å². The third-order valence-corrected chi connectivity index (χ3v) is 5.65. The highest BCUT2D eigenvalue weighted by Crippen LogP contribution is 2.65. The van der Waals surface area contributed by atoms with Gasteiger partial charge in [-0.1, -0.05) is 19.8 Å². The standard InChI is InChI=1S/C15H26O2/c1-5-6-11(9-13(2)10-16-13)12-7-8-14(3)15(12,4)17-14/h11-12H,5-10H2,1-4H3. The zero-order valence-corrected chi connectivity index (χ0v) is 11.7. The van der Waals surface area contributed by atoms with Crippen LogP contribution in [0.5, 0.6) is 0 Å². The van der Waals surface area contributed by atoms with Crippen molar-refractivity contribution in [1.29, 1.82) is 0 Å². The molecule has 0 spiro atoms. The Morgan fingerprint density at radius 3 is 2.41 bits per heavy atom. The fourth-order valence-electron chi connectivity index (χ4n) is 4.21. The molecule has 0 aromatic rings. The molecule has 0 amide bonds. The summed E-state index contributed by atoms with van der Waals surface area (Å²) < 4.78 is 11.7. The second kappa shape index (κ2) is 3.48. The molecule has 2 heterocycles. The first kappa shape index (κ1) is 12.0. The third kappa shape index (κ3) is 1.76. The third-order valence-electron chi connectivity index (χ3n) is 5.65. The van der Waals surface area contributed by atoms with Crippen LogP contribution in [0.15, 0.2) is 0 Å². The number of rotatable bonds is 5. The molecule has 2 saturated heterocycles. The maximum absolute atomic E-state index is 6.06. The SMILES string of the molecule is CCCC(CC1(C)CO1)C1CCC2(C)OC12C. The molecule has 5 unspecified atom stereocenters. The van der Waals surface area contributed by atoms with Gasteiger partial charge in [0.05, 0.1) is 23.4 Å². The van der Waals surface area contributed by atoms with E-state index < -0.39 is 0 Å². The van der Waals surface area contributed by atoms with Crippen LogP contribution in [0.2, 0.25) is 0 Å². The molecule has 3 fully saturated rings. The van der Waals surface area contributed by atoms with E-state index in [4.69, 9.17) is 9.47 Å². The number of ether oxygens (including phenoxy) is 2. The highest BCUT2D eigenvalue weighted by atomic mass is 16.6. The summed E-state index contributed by atoms with van der Waals surface area (Å²) in [6.07, 6.45) is 6.46. The van der Waals surface area contributed by atoms with E-state index in [2.05, 4.69) is 27.7 Å². The Labute approximate surface area is 105 Å². The topological polar surface area (TPSA) is 25.1 Å². The summed E-state index contributed by atoms with van der Waals surface area (Å²) in [5, 5.41) is 0. The van der Waals surface area contributed by atoms with Crippen molar-refractivity contribution in [2.75, 3.05) is 6.61 Å². The van der Waals surface area contributed by atoms with Crippen LogP contribution in [0.1, 0.15) is 59.8 Å². The quantitative estimate of drug-likeness (QED) is 0.684. The smallest absolute Gasteiger partial charge is 0.0979 e. The maximum atomic E-state index is 6.06. The second-order valence-corrected chi connectivity index (χ2v) is 7.08. The van der Waals surface area contributed by atoms with Gasteiger partial charge < -0.3 is 9.47 Å². The lowest BCUT2D eigenvalue weighted by Crippen LogP contribution is -2.30. The highest BCUT2D eigenvalue weighted by Gasteiger charge is 2.72. The lowest BCUT2D eigenvalue weighted by atomic mass is 9.76. The van der Waals surface area contributed by atoms with Crippen molar-refractivity contribution in [3.8, 4) is 0 Å². The lowest BCUT2D eigenvalue weighted by molar-refractivity contribution is 0.114. The van der Waals surface area contributed by atoms with Gasteiger partial charge in [-0.25, -0.2) is 0 Å². The van der Waals surface area contributed by atoms with Gasteiger partial charge in [0.15, 0.2) is 0 Å². The monoisotopic (exact) mass is 238 g/mol. The van der Waals surface area contributed by atoms with Gasteiger partial charge in [0.2, 0.25) is 0 Å². The van der Waals surface area contributed by atoms with Gasteiger partial charge in [0.25, 0.3) is 0 Å².